The van der Waals surface area contributed by atoms with Crippen LogP contribution in [0.1, 0.15) is 39.0 Å². The molecule has 7 nitrogen and oxygen atoms in total. The lowest BCUT2D eigenvalue weighted by molar-refractivity contribution is -0.140. The molecule has 1 N–H and O–H groups in total. The normalized spacial score (nSPS) is 12.1. The molecule has 1 heterocycles. The van der Waals surface area contributed by atoms with E-state index < -0.39 is 5.97 Å². The first-order chi connectivity index (χ1) is 14.8. The van der Waals surface area contributed by atoms with Gasteiger partial charge in [-0.2, -0.15) is 5.26 Å². The zero-order valence-electron chi connectivity index (χ0n) is 18.7. The molecule has 0 saturated heterocycles. The predicted molar refractivity (Wildman–Crippen MR) is 121 cm³/mol. The number of aromatic nitrogens is 1. The van der Waals surface area contributed by atoms with Crippen LogP contribution in [0.5, 0.6) is 0 Å². The van der Waals surface area contributed by atoms with Crippen LogP contribution in [0.15, 0.2) is 45.5 Å². The zero-order chi connectivity index (χ0) is 22.9. The van der Waals surface area contributed by atoms with E-state index in [1.807, 2.05) is 31.2 Å². The molecule has 0 amide bonds. The maximum atomic E-state index is 12.2. The number of nitriles is 1. The van der Waals surface area contributed by atoms with Crippen LogP contribution in [-0.4, -0.2) is 37.2 Å². The largest absolute Gasteiger partial charge is 0.459 e. The highest BCUT2D eigenvalue weighted by Crippen LogP contribution is 2.26. The summed E-state index contributed by atoms with van der Waals surface area (Å²) < 4.78 is 15.6. The minimum atomic E-state index is -0.684. The Kier molecular flexibility index (Phi) is 9.16. The van der Waals surface area contributed by atoms with Gasteiger partial charge in [0.1, 0.15) is 18.4 Å². The van der Waals surface area contributed by atoms with E-state index in [2.05, 4.69) is 43.4 Å². The lowest BCUT2D eigenvalue weighted by Gasteiger charge is -2.18. The molecule has 0 fully saturated rings. The van der Waals surface area contributed by atoms with Gasteiger partial charge in [-0.05, 0) is 24.2 Å². The molecule has 0 aliphatic heterocycles. The topological polar surface area (TPSA) is 97.4 Å². The summed E-state index contributed by atoms with van der Waals surface area (Å²) >= 11 is 1.25. The van der Waals surface area contributed by atoms with Crippen LogP contribution in [0.3, 0.4) is 0 Å². The van der Waals surface area contributed by atoms with E-state index in [1.54, 1.807) is 6.26 Å². The summed E-state index contributed by atoms with van der Waals surface area (Å²) in [6.45, 7) is 9.57. The van der Waals surface area contributed by atoms with E-state index in [1.165, 1.54) is 17.3 Å². The van der Waals surface area contributed by atoms with Gasteiger partial charge in [0.15, 0.2) is 11.3 Å². The van der Waals surface area contributed by atoms with E-state index in [0.717, 1.165) is 11.3 Å². The summed E-state index contributed by atoms with van der Waals surface area (Å²) in [5.74, 6) is -0.0975. The van der Waals surface area contributed by atoms with Crippen LogP contribution in [0.4, 0.5) is 0 Å². The Labute approximate surface area is 187 Å². The quantitative estimate of drug-likeness (QED) is 0.250. The predicted octanol–water partition coefficient (Wildman–Crippen LogP) is 4.41. The maximum Gasteiger partial charge on any atom is 0.351 e. The van der Waals surface area contributed by atoms with Gasteiger partial charge in [0, 0.05) is 18.2 Å². The Hall–Kier alpha value is -2.76. The second-order valence-electron chi connectivity index (χ2n) is 7.71. The molecular formula is C23H29N3O4S. The van der Waals surface area contributed by atoms with Crippen molar-refractivity contribution in [1.82, 2.24) is 10.5 Å². The Morgan fingerprint density at radius 3 is 2.55 bits per heavy atom. The Morgan fingerprint density at radius 1 is 1.26 bits per heavy atom. The van der Waals surface area contributed by atoms with E-state index in [-0.39, 0.29) is 24.1 Å². The van der Waals surface area contributed by atoms with Gasteiger partial charge in [0.25, 0.3) is 0 Å². The van der Waals surface area contributed by atoms with Gasteiger partial charge < -0.3 is 19.3 Å². The molecule has 0 bridgehead atoms. The van der Waals surface area contributed by atoms with Gasteiger partial charge in [-0.1, -0.05) is 50.2 Å². The second kappa shape index (κ2) is 11.6. The molecule has 0 unspecified atom stereocenters. The molecule has 0 spiro atoms. The standard InChI is InChI=1S/C23H29N3O4S/c1-6-28-11-12-29-22(27)19(14-24)21(31-5)25-15-18-13-20(26-30-18)16-7-9-17(10-8-16)23(2,3)4/h7-10,13,25H,6,11-12,15H2,1-5H3/b21-19+. The third kappa shape index (κ3) is 7.16. The van der Waals surface area contributed by atoms with E-state index in [0.29, 0.717) is 24.0 Å². The monoisotopic (exact) mass is 443 g/mol. The molecule has 2 rings (SSSR count). The number of thioether (sulfide) groups is 1. The van der Waals surface area contributed by atoms with Crippen molar-refractivity contribution in [3.05, 3.63) is 52.3 Å². The minimum Gasteiger partial charge on any atom is -0.459 e. The second-order valence-corrected chi connectivity index (χ2v) is 8.53. The molecule has 0 aliphatic carbocycles. The number of ether oxygens (including phenoxy) is 2. The highest BCUT2D eigenvalue weighted by molar-refractivity contribution is 8.02. The summed E-state index contributed by atoms with van der Waals surface area (Å²) in [5, 5.41) is 17.0. The first kappa shape index (κ1) is 24.5. The number of nitrogens with zero attached hydrogens (tertiary/aromatic N) is 2. The van der Waals surface area contributed by atoms with E-state index in [4.69, 9.17) is 14.0 Å². The maximum absolute atomic E-state index is 12.2. The van der Waals surface area contributed by atoms with Gasteiger partial charge >= 0.3 is 5.97 Å². The number of esters is 1. The number of hydrogen-bond acceptors (Lipinski definition) is 8. The fraction of sp³-hybridized carbons (Fsp3) is 0.435. The fourth-order valence-electron chi connectivity index (χ4n) is 2.70. The first-order valence-corrected chi connectivity index (χ1v) is 11.3. The average Bonchev–Trinajstić information content (AvgIpc) is 3.22. The number of carbonyl (C=O) groups excluding carboxylic acids is 1. The van der Waals surface area contributed by atoms with Crippen molar-refractivity contribution >= 4 is 17.7 Å². The summed E-state index contributed by atoms with van der Waals surface area (Å²) in [4.78, 5) is 12.2. The number of rotatable bonds is 10. The smallest absolute Gasteiger partial charge is 0.351 e. The van der Waals surface area contributed by atoms with Crippen molar-refractivity contribution < 1.29 is 18.8 Å². The average molecular weight is 444 g/mol. The summed E-state index contributed by atoms with van der Waals surface area (Å²) in [6, 6.07) is 12.0. The number of benzene rings is 1. The molecule has 166 valence electrons. The van der Waals surface area contributed by atoms with Crippen molar-refractivity contribution in [3.63, 3.8) is 0 Å². The fourth-order valence-corrected chi connectivity index (χ4v) is 3.25. The lowest BCUT2D eigenvalue weighted by Crippen LogP contribution is -2.18. The molecule has 0 radical (unpaired) electrons. The molecule has 0 saturated carbocycles. The van der Waals surface area contributed by atoms with Crippen molar-refractivity contribution in [2.75, 3.05) is 26.1 Å². The van der Waals surface area contributed by atoms with Crippen molar-refractivity contribution in [3.8, 4) is 17.3 Å². The number of hydrogen-bond donors (Lipinski definition) is 1. The van der Waals surface area contributed by atoms with Gasteiger partial charge in [-0.3, -0.25) is 0 Å². The minimum absolute atomic E-state index is 0.0819. The summed E-state index contributed by atoms with van der Waals surface area (Å²) in [7, 11) is 0. The zero-order valence-corrected chi connectivity index (χ0v) is 19.5. The van der Waals surface area contributed by atoms with Crippen LogP contribution in [0, 0.1) is 11.3 Å². The van der Waals surface area contributed by atoms with Crippen molar-refractivity contribution in [1.29, 1.82) is 5.26 Å². The van der Waals surface area contributed by atoms with Crippen molar-refractivity contribution in [2.45, 2.75) is 39.7 Å². The lowest BCUT2D eigenvalue weighted by atomic mass is 9.86. The van der Waals surface area contributed by atoms with Crippen LogP contribution >= 0.6 is 11.8 Å². The first-order valence-electron chi connectivity index (χ1n) is 10.0. The Morgan fingerprint density at radius 2 is 1.97 bits per heavy atom. The molecule has 0 atom stereocenters. The Balaban J connectivity index is 2.04. The molecule has 1 aromatic heterocycles. The highest BCUT2D eigenvalue weighted by atomic mass is 32.2. The third-order valence-electron chi connectivity index (χ3n) is 4.44. The number of carbonyl (C=O) groups is 1. The van der Waals surface area contributed by atoms with Crippen LogP contribution in [0.2, 0.25) is 0 Å². The molecule has 8 heteroatoms. The number of nitrogens with one attached hydrogen (secondary N) is 1. The molecule has 31 heavy (non-hydrogen) atoms. The van der Waals surface area contributed by atoms with E-state index >= 15 is 0 Å². The van der Waals surface area contributed by atoms with Gasteiger partial charge in [0.2, 0.25) is 0 Å². The van der Waals surface area contributed by atoms with Crippen molar-refractivity contribution in [2.24, 2.45) is 0 Å². The van der Waals surface area contributed by atoms with Crippen LogP contribution in [0.25, 0.3) is 11.3 Å². The van der Waals surface area contributed by atoms with Gasteiger partial charge in [-0.25, -0.2) is 4.79 Å². The van der Waals surface area contributed by atoms with Gasteiger partial charge in [0.05, 0.1) is 18.2 Å². The third-order valence-corrected chi connectivity index (χ3v) is 5.20. The summed E-state index contributed by atoms with van der Waals surface area (Å²) in [6.07, 6.45) is 1.77. The molecular weight excluding hydrogens is 414 g/mol. The van der Waals surface area contributed by atoms with E-state index in [9.17, 15) is 10.1 Å². The molecule has 2 aromatic rings. The highest BCUT2D eigenvalue weighted by Gasteiger charge is 2.18. The SMILES string of the molecule is CCOCCOC(=O)/C(C#N)=C(\NCc1cc(-c2ccc(C(C)(C)C)cc2)no1)SC. The van der Waals surface area contributed by atoms with Gasteiger partial charge in [-0.15, -0.1) is 11.8 Å². The Bertz CT molecular complexity index is 937. The summed E-state index contributed by atoms with van der Waals surface area (Å²) in [5.41, 5.74) is 2.93. The van der Waals surface area contributed by atoms with Crippen LogP contribution in [-0.2, 0) is 26.2 Å². The van der Waals surface area contributed by atoms with Crippen LogP contribution < -0.4 is 5.32 Å². The molecule has 0 aliphatic rings. The molecule has 1 aromatic carbocycles.